The van der Waals surface area contributed by atoms with Crippen LogP contribution in [-0.2, 0) is 5.54 Å². The topological polar surface area (TPSA) is 77.9 Å². The highest BCUT2D eigenvalue weighted by atomic mass is 35.5. The number of carbonyl (C=O) groups excluding carboxylic acids is 2. The lowest BCUT2D eigenvalue weighted by Crippen LogP contribution is -2.56. The fourth-order valence-corrected chi connectivity index (χ4v) is 6.17. The second-order valence-corrected chi connectivity index (χ2v) is 12.7. The van der Waals surface area contributed by atoms with E-state index in [1.54, 1.807) is 40.8 Å². The molecule has 4 amide bonds. The number of hydrogen-bond acceptors (Lipinski definition) is 5. The van der Waals surface area contributed by atoms with Gasteiger partial charge in [-0.05, 0) is 68.3 Å². The number of hydrogen-bond donors (Lipinski definition) is 0. The Kier molecular flexibility index (Phi) is 9.51. The first kappa shape index (κ1) is 32.4. The van der Waals surface area contributed by atoms with Gasteiger partial charge in [-0.1, -0.05) is 47.5 Å². The number of carbonyl (C=O) groups is 2. The van der Waals surface area contributed by atoms with Crippen LogP contribution < -0.4 is 9.47 Å². The molecule has 1 fully saturated rings. The molecule has 2 unspecified atom stereocenters. The van der Waals surface area contributed by atoms with E-state index in [-0.39, 0.29) is 18.2 Å². The maximum absolute atomic E-state index is 14.8. The number of piperazine rings is 1. The van der Waals surface area contributed by atoms with Crippen LogP contribution in [0, 0.1) is 0 Å². The summed E-state index contributed by atoms with van der Waals surface area (Å²) in [4.78, 5) is 39.7. The molecule has 45 heavy (non-hydrogen) atoms. The predicted molar refractivity (Wildman–Crippen MR) is 178 cm³/mol. The molecule has 11 heteroatoms. The normalized spacial score (nSPS) is 19.9. The van der Waals surface area contributed by atoms with E-state index in [2.05, 4.69) is 0 Å². The number of nitrogens with zero attached hydrogens (tertiary/aromatic N) is 5. The SMILES string of the molecule is COc1ccc(C2=NC(C)(c3ccc(Cl)cc3)C(c3ccc(Cl)cc3)N2C(=O)N2CCN(C(=O)N(C)C)CC2)c(OC(C)C)c1. The van der Waals surface area contributed by atoms with Crippen molar-refractivity contribution in [1.29, 1.82) is 0 Å². The molecule has 0 aromatic heterocycles. The second-order valence-electron chi connectivity index (χ2n) is 11.9. The van der Waals surface area contributed by atoms with Gasteiger partial charge in [0.15, 0.2) is 0 Å². The number of halogens is 2. The number of aliphatic imine (C=N–C) groups is 1. The second kappa shape index (κ2) is 13.2. The number of benzene rings is 3. The summed E-state index contributed by atoms with van der Waals surface area (Å²) in [6, 6.07) is 19.8. The molecule has 0 saturated carbocycles. The molecule has 9 nitrogen and oxygen atoms in total. The lowest BCUT2D eigenvalue weighted by atomic mass is 9.81. The van der Waals surface area contributed by atoms with Gasteiger partial charge in [0, 0.05) is 56.4 Å². The molecule has 0 spiro atoms. The Morgan fingerprint density at radius 2 is 1.49 bits per heavy atom. The highest BCUT2D eigenvalue weighted by molar-refractivity contribution is 6.30. The van der Waals surface area contributed by atoms with Crippen molar-refractivity contribution < 1.29 is 19.1 Å². The molecule has 3 aromatic rings. The van der Waals surface area contributed by atoms with Gasteiger partial charge in [0.1, 0.15) is 22.9 Å². The zero-order chi connectivity index (χ0) is 32.5. The number of ether oxygens (including phenoxy) is 2. The Morgan fingerprint density at radius 1 is 0.911 bits per heavy atom. The van der Waals surface area contributed by atoms with E-state index in [1.165, 1.54) is 0 Å². The fraction of sp³-hybridized carbons (Fsp3) is 0.382. The van der Waals surface area contributed by atoms with Crippen molar-refractivity contribution in [2.24, 2.45) is 4.99 Å². The number of amidine groups is 1. The molecule has 0 radical (unpaired) electrons. The minimum absolute atomic E-state index is 0.0754. The summed E-state index contributed by atoms with van der Waals surface area (Å²) in [7, 11) is 5.06. The third-order valence-corrected chi connectivity index (χ3v) is 8.68. The van der Waals surface area contributed by atoms with Crippen molar-refractivity contribution >= 4 is 41.1 Å². The summed E-state index contributed by atoms with van der Waals surface area (Å²) in [6.45, 7) is 7.54. The Morgan fingerprint density at radius 3 is 2.04 bits per heavy atom. The summed E-state index contributed by atoms with van der Waals surface area (Å²) in [5.41, 5.74) is 1.50. The van der Waals surface area contributed by atoms with Gasteiger partial charge in [-0.15, -0.1) is 0 Å². The van der Waals surface area contributed by atoms with E-state index < -0.39 is 11.6 Å². The van der Waals surface area contributed by atoms with Crippen LogP contribution in [0.4, 0.5) is 9.59 Å². The monoisotopic (exact) mass is 651 g/mol. The van der Waals surface area contributed by atoms with Gasteiger partial charge >= 0.3 is 12.1 Å². The van der Waals surface area contributed by atoms with E-state index >= 15 is 0 Å². The van der Waals surface area contributed by atoms with Crippen LogP contribution in [0.15, 0.2) is 71.7 Å². The van der Waals surface area contributed by atoms with E-state index in [0.29, 0.717) is 59.1 Å². The first-order valence-electron chi connectivity index (χ1n) is 14.9. The van der Waals surface area contributed by atoms with Crippen molar-refractivity contribution in [2.75, 3.05) is 47.4 Å². The summed E-state index contributed by atoms with van der Waals surface area (Å²) in [5, 5.41) is 1.20. The zero-order valence-corrected chi connectivity index (χ0v) is 28.0. The molecule has 5 rings (SSSR count). The Balaban J connectivity index is 1.67. The van der Waals surface area contributed by atoms with Gasteiger partial charge < -0.3 is 24.2 Å². The zero-order valence-electron chi connectivity index (χ0n) is 26.5. The molecule has 3 aromatic carbocycles. The molecule has 0 N–H and O–H groups in total. The molecular formula is C34H39Cl2N5O4. The van der Waals surface area contributed by atoms with E-state index in [0.717, 1.165) is 11.1 Å². The molecule has 238 valence electrons. The quantitative estimate of drug-likeness (QED) is 0.290. The third-order valence-electron chi connectivity index (χ3n) is 8.17. The highest BCUT2D eigenvalue weighted by Gasteiger charge is 2.52. The average molecular weight is 653 g/mol. The molecular weight excluding hydrogens is 613 g/mol. The number of rotatable bonds is 6. The number of urea groups is 2. The molecule has 0 bridgehead atoms. The van der Waals surface area contributed by atoms with Crippen molar-refractivity contribution in [2.45, 2.75) is 38.5 Å². The molecule has 2 heterocycles. The standard InChI is InChI=1S/C34H39Cl2N5O4/c1-22(2)45-29-21-27(44-6)15-16-28(29)31-37-34(3,24-9-13-26(36)14-10-24)30(23-7-11-25(35)12-8-23)41(31)33(43)40-19-17-39(18-20-40)32(42)38(4)5/h7-16,21-22,30H,17-20H2,1-6H3. The molecule has 0 aliphatic carbocycles. The number of methoxy groups -OCH3 is 1. The Hall–Kier alpha value is -3.95. The lowest BCUT2D eigenvalue weighted by Gasteiger charge is -2.41. The first-order valence-corrected chi connectivity index (χ1v) is 15.7. The van der Waals surface area contributed by atoms with Crippen molar-refractivity contribution in [3.63, 3.8) is 0 Å². The van der Waals surface area contributed by atoms with Crippen LogP contribution >= 0.6 is 23.2 Å². The van der Waals surface area contributed by atoms with Gasteiger partial charge in [0.25, 0.3) is 0 Å². The Labute approximate surface area is 274 Å². The van der Waals surface area contributed by atoms with Crippen molar-refractivity contribution in [3.8, 4) is 11.5 Å². The largest absolute Gasteiger partial charge is 0.497 e. The van der Waals surface area contributed by atoms with Gasteiger partial charge in [-0.3, -0.25) is 9.89 Å². The predicted octanol–water partition coefficient (Wildman–Crippen LogP) is 6.93. The summed E-state index contributed by atoms with van der Waals surface area (Å²) >= 11 is 12.6. The van der Waals surface area contributed by atoms with E-state index in [1.807, 2.05) is 87.5 Å². The summed E-state index contributed by atoms with van der Waals surface area (Å²) in [6.07, 6.45) is -0.140. The highest BCUT2D eigenvalue weighted by Crippen LogP contribution is 2.50. The molecule has 2 atom stereocenters. The summed E-state index contributed by atoms with van der Waals surface area (Å²) in [5.74, 6) is 1.65. The molecule has 2 aliphatic heterocycles. The van der Waals surface area contributed by atoms with E-state index in [4.69, 9.17) is 37.7 Å². The van der Waals surface area contributed by atoms with E-state index in [9.17, 15) is 9.59 Å². The van der Waals surface area contributed by atoms with Gasteiger partial charge in [-0.25, -0.2) is 9.59 Å². The minimum atomic E-state index is -0.916. The van der Waals surface area contributed by atoms with Gasteiger partial charge in [0.05, 0.1) is 24.8 Å². The van der Waals surface area contributed by atoms with Crippen molar-refractivity contribution in [3.05, 3.63) is 93.5 Å². The van der Waals surface area contributed by atoms with Crippen LogP contribution in [0.5, 0.6) is 11.5 Å². The third kappa shape index (κ3) is 6.56. The van der Waals surface area contributed by atoms with Crippen LogP contribution in [0.25, 0.3) is 0 Å². The van der Waals surface area contributed by atoms with Crippen LogP contribution in [-0.4, -0.2) is 91.0 Å². The van der Waals surface area contributed by atoms with Crippen LogP contribution in [0.3, 0.4) is 0 Å². The Bertz CT molecular complexity index is 1570. The smallest absolute Gasteiger partial charge is 0.326 e. The summed E-state index contributed by atoms with van der Waals surface area (Å²) < 4.78 is 11.8. The first-order chi connectivity index (χ1) is 21.4. The fourth-order valence-electron chi connectivity index (χ4n) is 5.92. The van der Waals surface area contributed by atoms with Gasteiger partial charge in [-0.2, -0.15) is 0 Å². The maximum Gasteiger partial charge on any atom is 0.326 e. The average Bonchev–Trinajstić information content (AvgIpc) is 3.34. The number of amides is 4. The van der Waals surface area contributed by atoms with Gasteiger partial charge in [0.2, 0.25) is 0 Å². The molecule has 2 aliphatic rings. The molecule has 1 saturated heterocycles. The minimum Gasteiger partial charge on any atom is -0.497 e. The lowest BCUT2D eigenvalue weighted by molar-refractivity contribution is 0.112. The van der Waals surface area contributed by atoms with Crippen LogP contribution in [0.2, 0.25) is 10.0 Å². The van der Waals surface area contributed by atoms with Crippen molar-refractivity contribution in [1.82, 2.24) is 19.6 Å². The van der Waals surface area contributed by atoms with Crippen LogP contribution in [0.1, 0.15) is 43.5 Å². The maximum atomic E-state index is 14.8.